The number of hydrogen-bond donors (Lipinski definition) is 1. The number of likely N-dealkylation sites (tertiary alicyclic amines) is 1. The van der Waals surface area contributed by atoms with Gasteiger partial charge in [0.05, 0.1) is 20.1 Å². The number of carbonyl (C=O) groups excluding carboxylic acids is 1. The predicted molar refractivity (Wildman–Crippen MR) is 64.5 cm³/mol. The van der Waals surface area contributed by atoms with E-state index in [0.29, 0.717) is 11.3 Å². The van der Waals surface area contributed by atoms with Crippen molar-refractivity contribution >= 4 is 5.91 Å². The Morgan fingerprint density at radius 3 is 2.84 bits per heavy atom. The minimum absolute atomic E-state index is 0.00958. The third-order valence-electron chi connectivity index (χ3n) is 3.13. The van der Waals surface area contributed by atoms with Crippen LogP contribution in [0.25, 0.3) is 0 Å². The Morgan fingerprint density at radius 2 is 2.26 bits per heavy atom. The van der Waals surface area contributed by atoms with Gasteiger partial charge in [0.2, 0.25) is 5.91 Å². The molecule has 1 aliphatic heterocycles. The second-order valence-corrected chi connectivity index (χ2v) is 4.59. The number of phenolic OH excluding ortho intramolecular Hbond substituents is 1. The predicted octanol–water partition coefficient (Wildman–Crippen LogP) is 1.81. The van der Waals surface area contributed by atoms with Crippen LogP contribution in [-0.4, -0.2) is 42.0 Å². The number of phenols is 1. The molecule has 4 nitrogen and oxygen atoms in total. The molecule has 1 aromatic carbocycles. The summed E-state index contributed by atoms with van der Waals surface area (Å²) < 4.78 is 31.2. The molecule has 0 spiro atoms. The van der Waals surface area contributed by atoms with Crippen molar-refractivity contribution in [3.8, 4) is 11.5 Å². The van der Waals surface area contributed by atoms with Gasteiger partial charge < -0.3 is 14.7 Å². The largest absolute Gasteiger partial charge is 0.508 e. The number of benzene rings is 1. The van der Waals surface area contributed by atoms with E-state index >= 15 is 0 Å². The number of alkyl halides is 2. The van der Waals surface area contributed by atoms with Gasteiger partial charge in [-0.1, -0.05) is 0 Å². The first-order valence-corrected chi connectivity index (χ1v) is 5.93. The first kappa shape index (κ1) is 13.6. The first-order chi connectivity index (χ1) is 8.91. The highest BCUT2D eigenvalue weighted by molar-refractivity contribution is 5.80. The minimum Gasteiger partial charge on any atom is -0.508 e. The average molecular weight is 271 g/mol. The minimum atomic E-state index is -2.79. The fourth-order valence-corrected chi connectivity index (χ4v) is 2.13. The number of halogens is 2. The van der Waals surface area contributed by atoms with Crippen molar-refractivity contribution in [1.29, 1.82) is 0 Å². The van der Waals surface area contributed by atoms with E-state index in [1.165, 1.54) is 25.3 Å². The van der Waals surface area contributed by atoms with Gasteiger partial charge >= 0.3 is 0 Å². The van der Waals surface area contributed by atoms with Crippen LogP contribution in [0.15, 0.2) is 18.2 Å². The van der Waals surface area contributed by atoms with E-state index < -0.39 is 12.5 Å². The van der Waals surface area contributed by atoms with Gasteiger partial charge in [0.1, 0.15) is 11.5 Å². The van der Waals surface area contributed by atoms with Crippen LogP contribution in [0.5, 0.6) is 11.5 Å². The van der Waals surface area contributed by atoms with Gasteiger partial charge in [-0.15, -0.1) is 0 Å². The summed E-state index contributed by atoms with van der Waals surface area (Å²) in [4.78, 5) is 13.1. The lowest BCUT2D eigenvalue weighted by atomic mass is 10.1. The molecule has 0 aliphatic carbocycles. The molecule has 0 saturated carbocycles. The highest BCUT2D eigenvalue weighted by Crippen LogP contribution is 2.29. The van der Waals surface area contributed by atoms with Crippen molar-refractivity contribution in [2.75, 3.05) is 20.2 Å². The summed E-state index contributed by atoms with van der Waals surface area (Å²) in [5.74, 6) is -2.72. The van der Waals surface area contributed by atoms with E-state index in [-0.39, 0.29) is 31.0 Å². The van der Waals surface area contributed by atoms with Crippen LogP contribution in [0, 0.1) is 0 Å². The summed E-state index contributed by atoms with van der Waals surface area (Å²) in [6.45, 7) is -0.472. The van der Waals surface area contributed by atoms with Gasteiger partial charge in [-0.05, 0) is 18.2 Å². The van der Waals surface area contributed by atoms with Gasteiger partial charge in [-0.3, -0.25) is 4.79 Å². The maximum absolute atomic E-state index is 13.0. The fraction of sp³-hybridized carbons (Fsp3) is 0.462. The van der Waals surface area contributed by atoms with Crippen molar-refractivity contribution in [1.82, 2.24) is 4.90 Å². The third kappa shape index (κ3) is 3.13. The third-order valence-corrected chi connectivity index (χ3v) is 3.13. The second kappa shape index (κ2) is 5.03. The summed E-state index contributed by atoms with van der Waals surface area (Å²) in [7, 11) is 1.45. The smallest absolute Gasteiger partial charge is 0.267 e. The van der Waals surface area contributed by atoms with E-state index in [0.717, 1.165) is 4.90 Å². The van der Waals surface area contributed by atoms with Crippen LogP contribution >= 0.6 is 0 Å². The number of rotatable bonds is 3. The zero-order valence-corrected chi connectivity index (χ0v) is 10.5. The molecule has 1 N–H and O–H groups in total. The number of hydrogen-bond acceptors (Lipinski definition) is 3. The topological polar surface area (TPSA) is 49.8 Å². The van der Waals surface area contributed by atoms with Crippen LogP contribution < -0.4 is 4.74 Å². The molecule has 1 heterocycles. The molecule has 1 amide bonds. The Labute approximate surface area is 109 Å². The molecule has 1 fully saturated rings. The zero-order valence-electron chi connectivity index (χ0n) is 10.5. The standard InChI is InChI=1S/C13H15F2NO3/c1-19-11-3-2-10(17)6-9(11)7-12(18)16-5-4-13(14,15)8-16/h2-3,6,17H,4-5,7-8H2,1H3. The molecular formula is C13H15F2NO3. The van der Waals surface area contributed by atoms with Crippen molar-refractivity contribution in [2.45, 2.75) is 18.8 Å². The van der Waals surface area contributed by atoms with Crippen LogP contribution in [-0.2, 0) is 11.2 Å². The lowest BCUT2D eigenvalue weighted by Crippen LogP contribution is -2.32. The SMILES string of the molecule is COc1ccc(O)cc1CC(=O)N1CCC(F)(F)C1. The van der Waals surface area contributed by atoms with Crippen LogP contribution in [0.1, 0.15) is 12.0 Å². The molecule has 1 aromatic rings. The molecule has 104 valence electrons. The van der Waals surface area contributed by atoms with E-state index in [2.05, 4.69) is 0 Å². The highest BCUT2D eigenvalue weighted by Gasteiger charge is 2.40. The Morgan fingerprint density at radius 1 is 1.53 bits per heavy atom. The summed E-state index contributed by atoms with van der Waals surface area (Å²) in [6.07, 6.45) is -0.358. The number of amides is 1. The Bertz CT molecular complexity index is 491. The van der Waals surface area contributed by atoms with Crippen molar-refractivity contribution in [3.63, 3.8) is 0 Å². The molecule has 0 radical (unpaired) electrons. The average Bonchev–Trinajstić information content (AvgIpc) is 2.70. The fourth-order valence-electron chi connectivity index (χ4n) is 2.13. The van der Waals surface area contributed by atoms with Crippen molar-refractivity contribution < 1.29 is 23.4 Å². The maximum Gasteiger partial charge on any atom is 0.267 e. The maximum atomic E-state index is 13.0. The van der Waals surface area contributed by atoms with Crippen molar-refractivity contribution in [2.24, 2.45) is 0 Å². The number of carbonyl (C=O) groups is 1. The summed E-state index contributed by atoms with van der Waals surface area (Å²) in [5, 5.41) is 9.39. The molecular weight excluding hydrogens is 256 g/mol. The van der Waals surface area contributed by atoms with E-state index in [1.54, 1.807) is 0 Å². The van der Waals surface area contributed by atoms with Gasteiger partial charge in [-0.25, -0.2) is 8.78 Å². The van der Waals surface area contributed by atoms with E-state index in [9.17, 15) is 18.7 Å². The quantitative estimate of drug-likeness (QED) is 0.912. The normalized spacial score (nSPS) is 17.5. The second-order valence-electron chi connectivity index (χ2n) is 4.59. The summed E-state index contributed by atoms with van der Waals surface area (Å²) in [6, 6.07) is 4.39. The van der Waals surface area contributed by atoms with Gasteiger partial charge in [0.15, 0.2) is 0 Å². The Balaban J connectivity index is 2.09. The Hall–Kier alpha value is -1.85. The van der Waals surface area contributed by atoms with Gasteiger partial charge in [-0.2, -0.15) is 0 Å². The summed E-state index contributed by atoms with van der Waals surface area (Å²) >= 11 is 0. The first-order valence-electron chi connectivity index (χ1n) is 5.93. The molecule has 0 atom stereocenters. The van der Waals surface area contributed by atoms with Crippen LogP contribution in [0.3, 0.4) is 0 Å². The molecule has 1 saturated heterocycles. The summed E-state index contributed by atoms with van der Waals surface area (Å²) in [5.41, 5.74) is 0.489. The molecule has 0 aromatic heterocycles. The van der Waals surface area contributed by atoms with Gasteiger partial charge in [0, 0.05) is 18.5 Å². The lowest BCUT2D eigenvalue weighted by molar-refractivity contribution is -0.130. The van der Waals surface area contributed by atoms with E-state index in [4.69, 9.17) is 4.74 Å². The Kier molecular flexibility index (Phi) is 3.59. The van der Waals surface area contributed by atoms with Gasteiger partial charge in [0.25, 0.3) is 5.92 Å². The molecule has 2 rings (SSSR count). The number of aromatic hydroxyl groups is 1. The van der Waals surface area contributed by atoms with E-state index in [1.807, 2.05) is 0 Å². The lowest BCUT2D eigenvalue weighted by Gasteiger charge is -2.17. The molecule has 1 aliphatic rings. The van der Waals surface area contributed by atoms with Crippen LogP contribution in [0.2, 0.25) is 0 Å². The number of methoxy groups -OCH3 is 1. The van der Waals surface area contributed by atoms with Crippen LogP contribution in [0.4, 0.5) is 8.78 Å². The number of nitrogens with zero attached hydrogens (tertiary/aromatic N) is 1. The molecule has 0 unspecified atom stereocenters. The molecule has 19 heavy (non-hydrogen) atoms. The zero-order chi connectivity index (χ0) is 14.0. The monoisotopic (exact) mass is 271 g/mol. The number of ether oxygens (including phenoxy) is 1. The molecule has 0 bridgehead atoms. The van der Waals surface area contributed by atoms with Crippen molar-refractivity contribution in [3.05, 3.63) is 23.8 Å². The highest BCUT2D eigenvalue weighted by atomic mass is 19.3. The molecule has 6 heteroatoms.